The normalized spacial score (nSPS) is 12.7. The highest BCUT2D eigenvalue weighted by Crippen LogP contribution is 2.07. The number of halogens is 1. The van der Waals surface area contributed by atoms with Crippen LogP contribution in [0, 0.1) is 0 Å². The highest BCUT2D eigenvalue weighted by atomic mass is 79.9. The first-order valence-corrected chi connectivity index (χ1v) is 5.85. The van der Waals surface area contributed by atoms with Crippen molar-refractivity contribution in [2.24, 2.45) is 0 Å². The number of nitrogens with one attached hydrogen (secondary N) is 1. The minimum absolute atomic E-state index is 0.617. The fourth-order valence-corrected chi connectivity index (χ4v) is 1.31. The molecule has 0 aliphatic rings. The van der Waals surface area contributed by atoms with Crippen LogP contribution in [0.15, 0.2) is 18.5 Å². The second kappa shape index (κ2) is 6.90. The summed E-state index contributed by atoms with van der Waals surface area (Å²) in [5.74, 6) is 0.857. The van der Waals surface area contributed by atoms with Crippen LogP contribution in [0.2, 0.25) is 0 Å². The quantitative estimate of drug-likeness (QED) is 0.627. The van der Waals surface area contributed by atoms with E-state index in [1.54, 1.807) is 12.4 Å². The van der Waals surface area contributed by atoms with Crippen LogP contribution in [0.3, 0.4) is 0 Å². The Bertz CT molecular complexity index is 240. The highest BCUT2D eigenvalue weighted by molar-refractivity contribution is 9.09. The Kier molecular flexibility index (Phi) is 5.71. The lowest BCUT2D eigenvalue weighted by Crippen LogP contribution is -2.18. The average Bonchev–Trinajstić information content (AvgIpc) is 2.25. The van der Waals surface area contributed by atoms with E-state index in [2.05, 4.69) is 38.1 Å². The Hall–Kier alpha value is -0.480. The third-order valence-corrected chi connectivity index (χ3v) is 3.09. The molecule has 0 radical (unpaired) electrons. The lowest BCUT2D eigenvalue weighted by Gasteiger charge is -2.06. The molecular weight excluding hydrogens is 242 g/mol. The van der Waals surface area contributed by atoms with Gasteiger partial charge in [0.2, 0.25) is 0 Å². The molecule has 1 aromatic heterocycles. The molecule has 1 aromatic rings. The summed E-state index contributed by atoms with van der Waals surface area (Å²) in [6, 6.07) is 1.83. The molecule has 0 aromatic carbocycles. The van der Waals surface area contributed by atoms with Gasteiger partial charge in [0, 0.05) is 17.2 Å². The Morgan fingerprint density at radius 1 is 1.43 bits per heavy atom. The Labute approximate surface area is 93.5 Å². The number of hydrogen-bond acceptors (Lipinski definition) is 3. The van der Waals surface area contributed by atoms with Crippen LogP contribution >= 0.6 is 15.9 Å². The monoisotopic (exact) mass is 257 g/mol. The lowest BCUT2D eigenvalue weighted by molar-refractivity contribution is 0.614. The van der Waals surface area contributed by atoms with E-state index in [1.165, 1.54) is 6.42 Å². The third kappa shape index (κ3) is 4.67. The van der Waals surface area contributed by atoms with E-state index in [9.17, 15) is 0 Å². The number of nitrogens with zero attached hydrogens (tertiary/aromatic N) is 2. The van der Waals surface area contributed by atoms with Gasteiger partial charge in [-0.1, -0.05) is 22.9 Å². The van der Waals surface area contributed by atoms with Crippen LogP contribution in [0.25, 0.3) is 0 Å². The minimum Gasteiger partial charge on any atom is -0.310 e. The SMILES string of the molecule is CCC(Br)CCNCc1ncccn1. The summed E-state index contributed by atoms with van der Waals surface area (Å²) >= 11 is 3.59. The van der Waals surface area contributed by atoms with Crippen molar-refractivity contribution in [1.29, 1.82) is 0 Å². The fourth-order valence-electron chi connectivity index (χ4n) is 1.08. The molecule has 3 nitrogen and oxygen atoms in total. The molecule has 0 fully saturated rings. The predicted octanol–water partition coefficient (Wildman–Crippen LogP) is 2.13. The average molecular weight is 258 g/mol. The van der Waals surface area contributed by atoms with Crippen LogP contribution in [0.1, 0.15) is 25.6 Å². The zero-order valence-corrected chi connectivity index (χ0v) is 10.00. The first kappa shape index (κ1) is 11.6. The molecule has 0 amide bonds. The van der Waals surface area contributed by atoms with Gasteiger partial charge in [0.1, 0.15) is 5.82 Å². The summed E-state index contributed by atoms with van der Waals surface area (Å²) in [6.45, 7) is 3.94. The van der Waals surface area contributed by atoms with Crippen LogP contribution in [0.4, 0.5) is 0 Å². The third-order valence-electron chi connectivity index (χ3n) is 1.98. The van der Waals surface area contributed by atoms with E-state index in [0.717, 1.165) is 25.3 Å². The van der Waals surface area contributed by atoms with E-state index < -0.39 is 0 Å². The fraction of sp³-hybridized carbons (Fsp3) is 0.600. The highest BCUT2D eigenvalue weighted by Gasteiger charge is 1.99. The maximum atomic E-state index is 4.13. The Morgan fingerprint density at radius 3 is 2.79 bits per heavy atom. The first-order valence-electron chi connectivity index (χ1n) is 4.93. The van der Waals surface area contributed by atoms with Gasteiger partial charge in [-0.3, -0.25) is 0 Å². The van der Waals surface area contributed by atoms with Crippen molar-refractivity contribution >= 4 is 15.9 Å². The van der Waals surface area contributed by atoms with Gasteiger partial charge in [0.15, 0.2) is 0 Å². The molecule has 1 heterocycles. The smallest absolute Gasteiger partial charge is 0.141 e. The second-order valence-corrected chi connectivity index (χ2v) is 4.43. The van der Waals surface area contributed by atoms with Crippen LogP contribution in [-0.2, 0) is 6.54 Å². The summed E-state index contributed by atoms with van der Waals surface area (Å²) in [4.78, 5) is 8.88. The van der Waals surface area contributed by atoms with Gasteiger partial charge < -0.3 is 5.32 Å². The minimum atomic E-state index is 0.617. The topological polar surface area (TPSA) is 37.8 Å². The van der Waals surface area contributed by atoms with E-state index in [1.807, 2.05) is 6.07 Å². The number of alkyl halides is 1. The van der Waals surface area contributed by atoms with E-state index in [0.29, 0.717) is 4.83 Å². The molecule has 1 atom stereocenters. The van der Waals surface area contributed by atoms with E-state index >= 15 is 0 Å². The lowest BCUT2D eigenvalue weighted by atomic mass is 10.2. The van der Waals surface area contributed by atoms with Crippen LogP contribution < -0.4 is 5.32 Å². The van der Waals surface area contributed by atoms with Crippen molar-refractivity contribution in [3.8, 4) is 0 Å². The largest absolute Gasteiger partial charge is 0.310 e. The summed E-state index contributed by atoms with van der Waals surface area (Å²) in [6.07, 6.45) is 5.85. The molecule has 1 N–H and O–H groups in total. The van der Waals surface area contributed by atoms with Crippen LogP contribution in [0.5, 0.6) is 0 Å². The summed E-state index contributed by atoms with van der Waals surface area (Å²) < 4.78 is 0. The van der Waals surface area contributed by atoms with Crippen LogP contribution in [-0.4, -0.2) is 21.3 Å². The maximum Gasteiger partial charge on any atom is 0.141 e. The number of rotatable bonds is 6. The summed E-state index contributed by atoms with van der Waals surface area (Å²) in [7, 11) is 0. The zero-order chi connectivity index (χ0) is 10.2. The van der Waals surface area contributed by atoms with Crippen molar-refractivity contribution in [2.45, 2.75) is 31.1 Å². The molecule has 14 heavy (non-hydrogen) atoms. The number of aromatic nitrogens is 2. The van der Waals surface area contributed by atoms with Gasteiger partial charge in [0.25, 0.3) is 0 Å². The van der Waals surface area contributed by atoms with Gasteiger partial charge in [0.05, 0.1) is 6.54 Å². The van der Waals surface area contributed by atoms with E-state index in [-0.39, 0.29) is 0 Å². The number of hydrogen-bond donors (Lipinski definition) is 1. The van der Waals surface area contributed by atoms with Crippen molar-refractivity contribution in [3.63, 3.8) is 0 Å². The van der Waals surface area contributed by atoms with Crippen molar-refractivity contribution in [3.05, 3.63) is 24.3 Å². The predicted molar refractivity (Wildman–Crippen MR) is 61.4 cm³/mol. The van der Waals surface area contributed by atoms with E-state index in [4.69, 9.17) is 0 Å². The molecule has 1 unspecified atom stereocenters. The van der Waals surface area contributed by atoms with Crippen molar-refractivity contribution in [1.82, 2.24) is 15.3 Å². The van der Waals surface area contributed by atoms with Gasteiger partial charge in [-0.05, 0) is 25.5 Å². The Morgan fingerprint density at radius 2 is 2.14 bits per heavy atom. The van der Waals surface area contributed by atoms with Crippen molar-refractivity contribution < 1.29 is 0 Å². The Balaban J connectivity index is 2.10. The molecule has 0 spiro atoms. The van der Waals surface area contributed by atoms with Gasteiger partial charge in [-0.15, -0.1) is 0 Å². The second-order valence-electron chi connectivity index (χ2n) is 3.14. The standard InChI is InChI=1S/C10H16BrN3/c1-2-9(11)4-7-12-8-10-13-5-3-6-14-10/h3,5-6,9,12H,2,4,7-8H2,1H3. The molecule has 0 bridgehead atoms. The van der Waals surface area contributed by atoms with Crippen molar-refractivity contribution in [2.75, 3.05) is 6.54 Å². The van der Waals surface area contributed by atoms with Gasteiger partial charge >= 0.3 is 0 Å². The molecule has 0 aliphatic heterocycles. The zero-order valence-electron chi connectivity index (χ0n) is 8.41. The van der Waals surface area contributed by atoms with Gasteiger partial charge in [-0.25, -0.2) is 9.97 Å². The molecule has 78 valence electrons. The van der Waals surface area contributed by atoms with Gasteiger partial charge in [-0.2, -0.15) is 0 Å². The molecular formula is C10H16BrN3. The first-order chi connectivity index (χ1) is 6.83. The summed E-state index contributed by atoms with van der Waals surface area (Å²) in [5.41, 5.74) is 0. The molecule has 0 saturated carbocycles. The maximum absolute atomic E-state index is 4.13. The molecule has 0 saturated heterocycles. The summed E-state index contributed by atoms with van der Waals surface area (Å²) in [5, 5.41) is 3.31. The molecule has 0 aliphatic carbocycles. The molecule has 4 heteroatoms. The molecule has 1 rings (SSSR count).